The van der Waals surface area contributed by atoms with Crippen LogP contribution in [0.15, 0.2) is 6.07 Å². The Morgan fingerprint density at radius 1 is 1.58 bits per heavy atom. The third-order valence-electron chi connectivity index (χ3n) is 3.10. The lowest BCUT2D eigenvalue weighted by molar-refractivity contribution is 0.0741. The molecular weight excluding hydrogens is 258 g/mol. The Morgan fingerprint density at radius 2 is 2.26 bits per heavy atom. The Morgan fingerprint density at radius 3 is 2.84 bits per heavy atom. The van der Waals surface area contributed by atoms with E-state index in [2.05, 4.69) is 25.7 Å². The van der Waals surface area contributed by atoms with E-state index in [4.69, 9.17) is 5.11 Å². The quantitative estimate of drug-likeness (QED) is 0.861. The Kier molecular flexibility index (Phi) is 6.07. The van der Waals surface area contributed by atoms with Gasteiger partial charge in [0.1, 0.15) is 6.61 Å². The zero-order valence-electron chi connectivity index (χ0n) is 12.0. The molecule has 0 fully saturated rings. The third-order valence-corrected chi connectivity index (χ3v) is 4.24. The number of carbonyl (C=O) groups is 1. The first kappa shape index (κ1) is 15.7. The molecule has 19 heavy (non-hydrogen) atoms. The van der Waals surface area contributed by atoms with E-state index < -0.39 is 0 Å². The summed E-state index contributed by atoms with van der Waals surface area (Å²) in [5, 5.41) is 8.71. The molecule has 0 spiro atoms. The van der Waals surface area contributed by atoms with Gasteiger partial charge in [-0.05, 0) is 31.9 Å². The maximum atomic E-state index is 12.3. The van der Waals surface area contributed by atoms with Gasteiger partial charge in [-0.15, -0.1) is 11.3 Å². The number of nitrogens with zero attached hydrogens (tertiary/aromatic N) is 1. The van der Waals surface area contributed by atoms with E-state index >= 15 is 0 Å². The second-order valence-electron chi connectivity index (χ2n) is 4.64. The molecule has 1 aromatic heterocycles. The zero-order valence-corrected chi connectivity index (χ0v) is 12.8. The molecule has 0 saturated carbocycles. The van der Waals surface area contributed by atoms with Crippen molar-refractivity contribution >= 4 is 17.2 Å². The molecule has 0 aliphatic heterocycles. The van der Waals surface area contributed by atoms with Gasteiger partial charge >= 0.3 is 0 Å². The van der Waals surface area contributed by atoms with Gasteiger partial charge in [-0.2, -0.15) is 0 Å². The predicted octanol–water partition coefficient (Wildman–Crippen LogP) is 2.66. The molecule has 1 atom stereocenters. The molecule has 1 unspecified atom stereocenters. The highest BCUT2D eigenvalue weighted by atomic mass is 32.1. The van der Waals surface area contributed by atoms with Gasteiger partial charge in [0.05, 0.1) is 9.75 Å². The molecule has 0 bridgehead atoms. The number of rotatable bonds is 4. The fourth-order valence-electron chi connectivity index (χ4n) is 1.82. The number of carbonyl (C=O) groups excluding carboxylic acids is 1. The zero-order chi connectivity index (χ0) is 14.4. The van der Waals surface area contributed by atoms with Crippen LogP contribution in [-0.2, 0) is 0 Å². The lowest BCUT2D eigenvalue weighted by atomic mass is 10.1. The van der Waals surface area contributed by atoms with E-state index in [-0.39, 0.29) is 18.6 Å². The Hall–Kier alpha value is -1.31. The molecule has 104 valence electrons. The summed E-state index contributed by atoms with van der Waals surface area (Å²) < 4.78 is 0. The lowest BCUT2D eigenvalue weighted by Crippen LogP contribution is -2.34. The highest BCUT2D eigenvalue weighted by Gasteiger charge is 2.19. The van der Waals surface area contributed by atoms with Crippen molar-refractivity contribution in [2.75, 3.05) is 13.7 Å². The summed E-state index contributed by atoms with van der Waals surface area (Å²) in [6.45, 7) is 5.96. The summed E-state index contributed by atoms with van der Waals surface area (Å²) >= 11 is 1.40. The third kappa shape index (κ3) is 4.09. The molecule has 1 amide bonds. The average Bonchev–Trinajstić information content (AvgIpc) is 2.76. The number of hydrogen-bond acceptors (Lipinski definition) is 3. The number of aliphatic hydroxyl groups excluding tert-OH is 1. The van der Waals surface area contributed by atoms with Gasteiger partial charge in [-0.1, -0.05) is 25.2 Å². The standard InChI is InChI=1S/C15H21NO2S/c1-5-7-12(3)16(4)15(18)14-10-11(2)13(19-14)8-6-9-17/h10,12,17H,5,7,9H2,1-4H3. The van der Waals surface area contributed by atoms with Crippen molar-refractivity contribution in [3.63, 3.8) is 0 Å². The smallest absolute Gasteiger partial charge is 0.263 e. The second-order valence-corrected chi connectivity index (χ2v) is 5.69. The molecule has 1 rings (SSSR count). The van der Waals surface area contributed by atoms with Crippen molar-refractivity contribution in [1.29, 1.82) is 0 Å². The van der Waals surface area contributed by atoms with Gasteiger partial charge in [-0.25, -0.2) is 0 Å². The van der Waals surface area contributed by atoms with E-state index in [9.17, 15) is 4.79 Å². The van der Waals surface area contributed by atoms with E-state index in [1.54, 1.807) is 4.90 Å². The van der Waals surface area contributed by atoms with Crippen molar-refractivity contribution < 1.29 is 9.90 Å². The van der Waals surface area contributed by atoms with Crippen LogP contribution in [0.2, 0.25) is 0 Å². The number of aryl methyl sites for hydroxylation is 1. The van der Waals surface area contributed by atoms with E-state index in [1.165, 1.54) is 11.3 Å². The maximum Gasteiger partial charge on any atom is 0.263 e. The van der Waals surface area contributed by atoms with Crippen molar-refractivity contribution in [3.8, 4) is 11.8 Å². The van der Waals surface area contributed by atoms with Gasteiger partial charge in [0.25, 0.3) is 5.91 Å². The van der Waals surface area contributed by atoms with E-state index in [0.717, 1.165) is 23.3 Å². The fraction of sp³-hybridized carbons (Fsp3) is 0.533. The average molecular weight is 279 g/mol. The van der Waals surface area contributed by atoms with Gasteiger partial charge in [0, 0.05) is 13.1 Å². The van der Waals surface area contributed by atoms with Crippen LogP contribution in [-0.4, -0.2) is 35.6 Å². The van der Waals surface area contributed by atoms with Gasteiger partial charge < -0.3 is 10.0 Å². The van der Waals surface area contributed by atoms with E-state index in [0.29, 0.717) is 4.88 Å². The Bertz CT molecular complexity index is 496. The van der Waals surface area contributed by atoms with Crippen LogP contribution in [0.5, 0.6) is 0 Å². The number of thiophene rings is 1. The lowest BCUT2D eigenvalue weighted by Gasteiger charge is -2.23. The molecule has 4 heteroatoms. The molecule has 1 aromatic rings. The number of amides is 1. The highest BCUT2D eigenvalue weighted by molar-refractivity contribution is 7.14. The molecule has 1 heterocycles. The monoisotopic (exact) mass is 279 g/mol. The number of aliphatic hydroxyl groups is 1. The van der Waals surface area contributed by atoms with Crippen molar-refractivity contribution in [2.45, 2.75) is 39.7 Å². The summed E-state index contributed by atoms with van der Waals surface area (Å²) in [5.74, 6) is 5.55. The van der Waals surface area contributed by atoms with Crippen LogP contribution in [0, 0.1) is 18.8 Å². The van der Waals surface area contributed by atoms with Crippen LogP contribution >= 0.6 is 11.3 Å². The molecule has 0 aliphatic carbocycles. The van der Waals surface area contributed by atoms with Crippen LogP contribution in [0.4, 0.5) is 0 Å². The van der Waals surface area contributed by atoms with Crippen LogP contribution in [0.3, 0.4) is 0 Å². The predicted molar refractivity (Wildman–Crippen MR) is 79.5 cm³/mol. The van der Waals surface area contributed by atoms with Gasteiger partial charge in [0.15, 0.2) is 0 Å². The van der Waals surface area contributed by atoms with Crippen LogP contribution < -0.4 is 0 Å². The van der Waals surface area contributed by atoms with Crippen LogP contribution in [0.25, 0.3) is 0 Å². The summed E-state index contributed by atoms with van der Waals surface area (Å²) in [5.41, 5.74) is 0.992. The van der Waals surface area contributed by atoms with Crippen molar-refractivity contribution in [1.82, 2.24) is 4.90 Å². The minimum absolute atomic E-state index is 0.0473. The summed E-state index contributed by atoms with van der Waals surface area (Å²) in [6, 6.07) is 2.12. The maximum absolute atomic E-state index is 12.3. The summed E-state index contributed by atoms with van der Waals surface area (Å²) in [4.78, 5) is 15.7. The molecule has 0 radical (unpaired) electrons. The molecule has 0 aromatic carbocycles. The fourth-order valence-corrected chi connectivity index (χ4v) is 2.85. The first-order chi connectivity index (χ1) is 9.01. The van der Waals surface area contributed by atoms with Gasteiger partial charge in [-0.3, -0.25) is 4.79 Å². The highest BCUT2D eigenvalue weighted by Crippen LogP contribution is 2.23. The molecule has 3 nitrogen and oxygen atoms in total. The Balaban J connectivity index is 2.88. The largest absolute Gasteiger partial charge is 0.384 e. The molecule has 0 aliphatic rings. The normalized spacial score (nSPS) is 11.6. The first-order valence-corrected chi connectivity index (χ1v) is 7.30. The minimum Gasteiger partial charge on any atom is -0.384 e. The minimum atomic E-state index is -0.159. The van der Waals surface area contributed by atoms with Crippen molar-refractivity contribution in [2.24, 2.45) is 0 Å². The number of hydrogen-bond donors (Lipinski definition) is 1. The SMILES string of the molecule is CCCC(C)N(C)C(=O)c1cc(C)c(C#CCO)s1. The topological polar surface area (TPSA) is 40.5 Å². The van der Waals surface area contributed by atoms with Crippen molar-refractivity contribution in [3.05, 3.63) is 21.4 Å². The van der Waals surface area contributed by atoms with Crippen LogP contribution in [0.1, 0.15) is 46.8 Å². The molecular formula is C15H21NO2S. The van der Waals surface area contributed by atoms with Gasteiger partial charge in [0.2, 0.25) is 0 Å². The first-order valence-electron chi connectivity index (χ1n) is 6.48. The second kappa shape index (κ2) is 7.32. The molecule has 0 saturated heterocycles. The Labute approximate surface area is 119 Å². The molecule has 1 N–H and O–H groups in total. The summed E-state index contributed by atoms with van der Waals surface area (Å²) in [6.07, 6.45) is 2.07. The van der Waals surface area contributed by atoms with E-state index in [1.807, 2.05) is 20.0 Å². The summed E-state index contributed by atoms with van der Waals surface area (Å²) in [7, 11) is 1.84.